The molecule has 0 radical (unpaired) electrons. The van der Waals surface area contributed by atoms with Crippen LogP contribution in [0.3, 0.4) is 0 Å². The van der Waals surface area contributed by atoms with Crippen LogP contribution in [0, 0.1) is 11.7 Å². The number of anilines is 3. The fourth-order valence-corrected chi connectivity index (χ4v) is 5.48. The second-order valence-electron chi connectivity index (χ2n) is 9.54. The standard InChI is InChI=1S/C27H17Cl4F6N3O3/c1-25(33,34)15-10-13(4-7-19(15)40-24(43)27(35,36)37)38-22(41)14-9-12(3-5-16(14)28)39-23(42)21-20(26(21,30)31)11-2-6-18(32)17(29)8-11/h2-10,20-21H,1H3,(H,38,41)(H,39,42)(H,40,43). The molecule has 0 spiro atoms. The van der Waals surface area contributed by atoms with Crippen LogP contribution >= 0.6 is 46.4 Å². The molecule has 0 aliphatic heterocycles. The van der Waals surface area contributed by atoms with E-state index < -0.39 is 63.1 Å². The second kappa shape index (κ2) is 11.7. The molecule has 228 valence electrons. The minimum atomic E-state index is -5.32. The molecule has 1 saturated carbocycles. The summed E-state index contributed by atoms with van der Waals surface area (Å²) in [5.41, 5.74) is -1.77. The summed E-state index contributed by atoms with van der Waals surface area (Å²) in [7, 11) is 0. The Morgan fingerprint density at radius 3 is 2.05 bits per heavy atom. The highest BCUT2D eigenvalue weighted by molar-refractivity contribution is 6.53. The fraction of sp³-hybridized carbons (Fsp3) is 0.222. The van der Waals surface area contributed by atoms with Gasteiger partial charge in [-0.3, -0.25) is 14.4 Å². The van der Waals surface area contributed by atoms with Crippen LogP contribution in [-0.2, 0) is 15.5 Å². The van der Waals surface area contributed by atoms with E-state index in [0.717, 1.165) is 18.2 Å². The summed E-state index contributed by atoms with van der Waals surface area (Å²) in [5, 5.41) is 5.95. The van der Waals surface area contributed by atoms with E-state index in [1.807, 2.05) is 0 Å². The number of halogens is 10. The first-order valence-corrected chi connectivity index (χ1v) is 13.5. The van der Waals surface area contributed by atoms with E-state index in [-0.39, 0.29) is 27.0 Å². The minimum absolute atomic E-state index is 0.0810. The van der Waals surface area contributed by atoms with Crippen LogP contribution in [0.25, 0.3) is 0 Å². The summed E-state index contributed by atoms with van der Waals surface area (Å²) >= 11 is 24.6. The summed E-state index contributed by atoms with van der Waals surface area (Å²) in [6.45, 7) is 0.395. The SMILES string of the molecule is CC(F)(F)c1cc(NC(=O)c2cc(NC(=O)C3C(c4ccc(F)c(Cl)c4)C3(Cl)Cl)ccc2Cl)ccc1NC(=O)C(F)(F)F. The summed E-state index contributed by atoms with van der Waals surface area (Å²) in [6.07, 6.45) is -5.32. The number of amides is 3. The Kier molecular flexibility index (Phi) is 8.92. The zero-order valence-corrected chi connectivity index (χ0v) is 24.4. The van der Waals surface area contributed by atoms with Gasteiger partial charge in [0.15, 0.2) is 0 Å². The lowest BCUT2D eigenvalue weighted by Gasteiger charge is -2.19. The molecule has 0 bridgehead atoms. The van der Waals surface area contributed by atoms with Gasteiger partial charge >= 0.3 is 12.1 Å². The van der Waals surface area contributed by atoms with Crippen LogP contribution in [-0.4, -0.2) is 28.2 Å². The molecule has 3 N–H and O–H groups in total. The monoisotopic (exact) mass is 685 g/mol. The van der Waals surface area contributed by atoms with Gasteiger partial charge in [0.05, 0.1) is 27.2 Å². The van der Waals surface area contributed by atoms with Gasteiger partial charge in [0.25, 0.3) is 11.8 Å². The van der Waals surface area contributed by atoms with Gasteiger partial charge < -0.3 is 16.0 Å². The lowest BCUT2D eigenvalue weighted by Crippen LogP contribution is -2.31. The van der Waals surface area contributed by atoms with E-state index >= 15 is 0 Å². The number of alkyl halides is 7. The van der Waals surface area contributed by atoms with Crippen molar-refractivity contribution in [3.8, 4) is 0 Å². The summed E-state index contributed by atoms with van der Waals surface area (Å²) in [6, 6.07) is 10.1. The van der Waals surface area contributed by atoms with Gasteiger partial charge in [-0.25, -0.2) is 13.2 Å². The van der Waals surface area contributed by atoms with Crippen LogP contribution in [0.4, 0.5) is 43.4 Å². The first-order valence-electron chi connectivity index (χ1n) is 12.0. The smallest absolute Gasteiger partial charge is 0.326 e. The van der Waals surface area contributed by atoms with Crippen molar-refractivity contribution in [3.63, 3.8) is 0 Å². The van der Waals surface area contributed by atoms with E-state index in [0.29, 0.717) is 18.6 Å². The zero-order valence-electron chi connectivity index (χ0n) is 21.4. The molecule has 0 heterocycles. The van der Waals surface area contributed by atoms with E-state index in [1.54, 1.807) is 0 Å². The third-order valence-corrected chi connectivity index (χ3v) is 7.93. The third-order valence-electron chi connectivity index (χ3n) is 6.37. The van der Waals surface area contributed by atoms with Gasteiger partial charge in [0.1, 0.15) is 10.2 Å². The molecule has 1 aliphatic carbocycles. The van der Waals surface area contributed by atoms with Crippen molar-refractivity contribution in [1.29, 1.82) is 0 Å². The normalized spacial score (nSPS) is 17.7. The van der Waals surface area contributed by atoms with Crippen molar-refractivity contribution >= 4 is 81.2 Å². The van der Waals surface area contributed by atoms with Crippen molar-refractivity contribution < 1.29 is 40.7 Å². The molecule has 3 aromatic rings. The van der Waals surface area contributed by atoms with E-state index in [1.165, 1.54) is 35.6 Å². The Morgan fingerprint density at radius 1 is 0.814 bits per heavy atom. The number of nitrogens with one attached hydrogen (secondary N) is 3. The summed E-state index contributed by atoms with van der Waals surface area (Å²) < 4.78 is 78.3. The van der Waals surface area contributed by atoms with Gasteiger partial charge in [-0.1, -0.05) is 29.3 Å². The Bertz CT molecular complexity index is 1630. The second-order valence-corrected chi connectivity index (χ2v) is 11.8. The lowest BCUT2D eigenvalue weighted by atomic mass is 10.1. The molecule has 1 aliphatic rings. The average molecular weight is 687 g/mol. The molecule has 3 aromatic carbocycles. The maximum Gasteiger partial charge on any atom is 0.471 e. The number of hydrogen-bond donors (Lipinski definition) is 3. The predicted octanol–water partition coefficient (Wildman–Crippen LogP) is 8.52. The number of hydrogen-bond acceptors (Lipinski definition) is 3. The molecular weight excluding hydrogens is 670 g/mol. The van der Waals surface area contributed by atoms with Gasteiger partial charge in [-0.2, -0.15) is 13.2 Å². The van der Waals surface area contributed by atoms with Crippen molar-refractivity contribution in [3.05, 3.63) is 87.2 Å². The Balaban J connectivity index is 1.52. The maximum atomic E-state index is 14.2. The number of rotatable bonds is 7. The van der Waals surface area contributed by atoms with Crippen LogP contribution in [0.15, 0.2) is 54.6 Å². The highest BCUT2D eigenvalue weighted by Crippen LogP contribution is 2.65. The van der Waals surface area contributed by atoms with Crippen molar-refractivity contribution in [2.24, 2.45) is 5.92 Å². The van der Waals surface area contributed by atoms with Gasteiger partial charge in [0, 0.05) is 29.8 Å². The molecule has 4 rings (SSSR count). The molecule has 43 heavy (non-hydrogen) atoms. The lowest BCUT2D eigenvalue weighted by molar-refractivity contribution is -0.167. The number of carbonyl (C=O) groups excluding carboxylic acids is 3. The molecular formula is C27H17Cl4F6N3O3. The maximum absolute atomic E-state index is 14.2. The highest BCUT2D eigenvalue weighted by Gasteiger charge is 2.67. The molecule has 0 saturated heterocycles. The molecule has 6 nitrogen and oxygen atoms in total. The quantitative estimate of drug-likeness (QED) is 0.172. The van der Waals surface area contributed by atoms with Crippen LogP contribution < -0.4 is 16.0 Å². The summed E-state index contributed by atoms with van der Waals surface area (Å²) in [5.74, 6) is -10.1. The topological polar surface area (TPSA) is 87.3 Å². The Labute approximate surface area is 259 Å². The average Bonchev–Trinajstić information content (AvgIpc) is 3.48. The van der Waals surface area contributed by atoms with Gasteiger partial charge in [0.2, 0.25) is 5.91 Å². The van der Waals surface area contributed by atoms with Gasteiger partial charge in [-0.15, -0.1) is 23.2 Å². The largest absolute Gasteiger partial charge is 0.471 e. The Hall–Kier alpha value is -3.19. The van der Waals surface area contributed by atoms with Gasteiger partial charge in [-0.05, 0) is 54.1 Å². The first-order chi connectivity index (χ1) is 19.8. The van der Waals surface area contributed by atoms with E-state index in [9.17, 15) is 40.7 Å². The number of benzene rings is 3. The van der Waals surface area contributed by atoms with Crippen molar-refractivity contribution in [2.75, 3.05) is 16.0 Å². The summed E-state index contributed by atoms with van der Waals surface area (Å²) in [4.78, 5) is 37.2. The third kappa shape index (κ3) is 7.14. The van der Waals surface area contributed by atoms with Crippen molar-refractivity contribution in [2.45, 2.75) is 29.3 Å². The highest BCUT2D eigenvalue weighted by atomic mass is 35.5. The molecule has 2 atom stereocenters. The first kappa shape index (κ1) is 32.7. The molecule has 0 aromatic heterocycles. The number of carbonyl (C=O) groups is 3. The molecule has 3 amide bonds. The predicted molar refractivity (Wildman–Crippen MR) is 151 cm³/mol. The van der Waals surface area contributed by atoms with Crippen LogP contribution in [0.2, 0.25) is 10.0 Å². The van der Waals surface area contributed by atoms with E-state index in [4.69, 9.17) is 46.4 Å². The molecule has 2 unspecified atom stereocenters. The van der Waals surface area contributed by atoms with Crippen LogP contribution in [0.5, 0.6) is 0 Å². The van der Waals surface area contributed by atoms with Crippen LogP contribution in [0.1, 0.15) is 34.3 Å². The zero-order chi connectivity index (χ0) is 32.1. The minimum Gasteiger partial charge on any atom is -0.326 e. The fourth-order valence-electron chi connectivity index (χ4n) is 4.26. The Morgan fingerprint density at radius 2 is 1.44 bits per heavy atom. The molecule has 1 fully saturated rings. The molecule has 16 heteroatoms. The van der Waals surface area contributed by atoms with Crippen molar-refractivity contribution in [1.82, 2.24) is 0 Å². The van der Waals surface area contributed by atoms with E-state index in [2.05, 4.69) is 10.6 Å².